The normalized spacial score (nSPS) is 16.2. The molecule has 1 N–H and O–H groups in total. The van der Waals surface area contributed by atoms with E-state index in [0.717, 1.165) is 5.92 Å². The zero-order valence-corrected chi connectivity index (χ0v) is 10.9. The van der Waals surface area contributed by atoms with E-state index < -0.39 is 0 Å². The van der Waals surface area contributed by atoms with Gasteiger partial charge in [-0.1, -0.05) is 39.3 Å². The maximum absolute atomic E-state index is 3.36. The molecule has 0 aromatic heterocycles. The molecular formula is C13H27N. The second-order valence-corrected chi connectivity index (χ2v) is 5.64. The molecule has 0 aromatic carbocycles. The smallest absolute Gasteiger partial charge is 0.0252 e. The summed E-state index contributed by atoms with van der Waals surface area (Å²) in [6.07, 6.45) is 3.54. The lowest BCUT2D eigenvalue weighted by molar-refractivity contribution is 0.235. The summed E-state index contributed by atoms with van der Waals surface area (Å²) in [4.78, 5) is 0. The Hall–Kier alpha value is -0.300. The molecule has 0 fully saturated rings. The van der Waals surface area contributed by atoms with E-state index in [9.17, 15) is 0 Å². The quantitative estimate of drug-likeness (QED) is 0.679. The average molecular weight is 197 g/mol. The molecule has 0 aliphatic heterocycles. The van der Waals surface area contributed by atoms with Gasteiger partial charge in [-0.25, -0.2) is 0 Å². The summed E-state index contributed by atoms with van der Waals surface area (Å²) < 4.78 is 0. The van der Waals surface area contributed by atoms with E-state index in [1.54, 1.807) is 0 Å². The van der Waals surface area contributed by atoms with E-state index in [2.05, 4.69) is 52.9 Å². The van der Waals surface area contributed by atoms with Gasteiger partial charge >= 0.3 is 0 Å². The van der Waals surface area contributed by atoms with Crippen LogP contribution in [0.3, 0.4) is 0 Å². The average Bonchev–Trinajstić information content (AvgIpc) is 2.00. The summed E-state index contributed by atoms with van der Waals surface area (Å²) in [5.41, 5.74) is 1.80. The Balaban J connectivity index is 4.26. The van der Waals surface area contributed by atoms with Gasteiger partial charge in [-0.05, 0) is 38.6 Å². The first-order valence-corrected chi connectivity index (χ1v) is 5.59. The second-order valence-electron chi connectivity index (χ2n) is 5.64. The van der Waals surface area contributed by atoms with Crippen LogP contribution in [0.5, 0.6) is 0 Å². The summed E-state index contributed by atoms with van der Waals surface area (Å²) in [5, 5.41) is 3.36. The summed E-state index contributed by atoms with van der Waals surface area (Å²) >= 11 is 0. The molecule has 2 atom stereocenters. The molecular weight excluding hydrogens is 170 g/mol. The first kappa shape index (κ1) is 13.7. The summed E-state index contributed by atoms with van der Waals surface area (Å²) in [7, 11) is 2.04. The molecule has 0 rings (SSSR count). The zero-order valence-electron chi connectivity index (χ0n) is 10.9. The standard InChI is InChI=1S/C13H27N/c1-10(2)8-12(14-7)9-11(3)13(4,5)6/h8,11-12,14H,9H2,1-7H3. The van der Waals surface area contributed by atoms with Crippen LogP contribution in [-0.2, 0) is 0 Å². The third kappa shape index (κ3) is 5.43. The van der Waals surface area contributed by atoms with E-state index in [1.807, 2.05) is 7.05 Å². The Bertz CT molecular complexity index is 182. The largest absolute Gasteiger partial charge is 0.314 e. The van der Waals surface area contributed by atoms with Gasteiger partial charge in [-0.15, -0.1) is 0 Å². The van der Waals surface area contributed by atoms with Crippen molar-refractivity contribution in [2.24, 2.45) is 11.3 Å². The summed E-state index contributed by atoms with van der Waals surface area (Å²) in [6, 6.07) is 0.522. The fourth-order valence-corrected chi connectivity index (χ4v) is 1.41. The molecule has 0 radical (unpaired) electrons. The van der Waals surface area contributed by atoms with Gasteiger partial charge in [0.15, 0.2) is 0 Å². The highest BCUT2D eigenvalue weighted by Crippen LogP contribution is 2.29. The van der Waals surface area contributed by atoms with E-state index in [-0.39, 0.29) is 0 Å². The predicted molar refractivity (Wildman–Crippen MR) is 65.5 cm³/mol. The van der Waals surface area contributed by atoms with Crippen molar-refractivity contribution < 1.29 is 0 Å². The highest BCUT2D eigenvalue weighted by atomic mass is 14.9. The zero-order chi connectivity index (χ0) is 11.4. The minimum atomic E-state index is 0.407. The van der Waals surface area contributed by atoms with Gasteiger partial charge < -0.3 is 5.32 Å². The molecule has 0 spiro atoms. The van der Waals surface area contributed by atoms with Gasteiger partial charge in [0.1, 0.15) is 0 Å². The van der Waals surface area contributed by atoms with Crippen LogP contribution in [0.15, 0.2) is 11.6 Å². The van der Waals surface area contributed by atoms with E-state index >= 15 is 0 Å². The van der Waals surface area contributed by atoms with E-state index in [1.165, 1.54) is 12.0 Å². The molecule has 2 unspecified atom stereocenters. The molecule has 0 bridgehead atoms. The molecule has 0 amide bonds. The third-order valence-electron chi connectivity index (χ3n) is 2.99. The van der Waals surface area contributed by atoms with Gasteiger partial charge in [0.2, 0.25) is 0 Å². The SMILES string of the molecule is CNC(C=C(C)C)CC(C)C(C)(C)C. The Kier molecular flexibility index (Phi) is 5.43. The summed E-state index contributed by atoms with van der Waals surface area (Å²) in [6.45, 7) is 13.6. The van der Waals surface area contributed by atoms with Crippen molar-refractivity contribution in [2.45, 2.75) is 54.0 Å². The second kappa shape index (κ2) is 5.55. The fraction of sp³-hybridized carbons (Fsp3) is 0.846. The maximum Gasteiger partial charge on any atom is 0.0252 e. The van der Waals surface area contributed by atoms with E-state index in [4.69, 9.17) is 0 Å². The first-order chi connectivity index (χ1) is 6.27. The van der Waals surface area contributed by atoms with Crippen molar-refractivity contribution in [1.82, 2.24) is 5.32 Å². The van der Waals surface area contributed by atoms with Crippen molar-refractivity contribution in [3.8, 4) is 0 Å². The number of rotatable bonds is 4. The molecule has 0 saturated carbocycles. The van der Waals surface area contributed by atoms with Crippen LogP contribution in [0.1, 0.15) is 48.0 Å². The fourth-order valence-electron chi connectivity index (χ4n) is 1.41. The molecule has 0 heterocycles. The molecule has 1 nitrogen and oxygen atoms in total. The summed E-state index contributed by atoms with van der Waals surface area (Å²) in [5.74, 6) is 0.732. The molecule has 0 aromatic rings. The van der Waals surface area contributed by atoms with Gasteiger partial charge in [0.25, 0.3) is 0 Å². The molecule has 84 valence electrons. The molecule has 0 saturated heterocycles. The Morgan fingerprint density at radius 3 is 2.07 bits per heavy atom. The Labute approximate surface area is 90.0 Å². The van der Waals surface area contributed by atoms with Crippen molar-refractivity contribution in [2.75, 3.05) is 7.05 Å². The lowest BCUT2D eigenvalue weighted by Gasteiger charge is -2.29. The maximum atomic E-state index is 3.36. The van der Waals surface area contributed by atoms with Crippen LogP contribution in [-0.4, -0.2) is 13.1 Å². The van der Waals surface area contributed by atoms with Crippen LogP contribution in [0, 0.1) is 11.3 Å². The van der Waals surface area contributed by atoms with Crippen molar-refractivity contribution in [1.29, 1.82) is 0 Å². The molecule has 0 aliphatic carbocycles. The lowest BCUT2D eigenvalue weighted by Crippen LogP contribution is -2.29. The molecule has 14 heavy (non-hydrogen) atoms. The van der Waals surface area contributed by atoms with Crippen LogP contribution in [0.2, 0.25) is 0 Å². The number of hydrogen-bond acceptors (Lipinski definition) is 1. The van der Waals surface area contributed by atoms with Gasteiger partial charge in [-0.3, -0.25) is 0 Å². The van der Waals surface area contributed by atoms with Gasteiger partial charge in [0.05, 0.1) is 0 Å². The number of hydrogen-bond donors (Lipinski definition) is 1. The van der Waals surface area contributed by atoms with Crippen molar-refractivity contribution in [3.05, 3.63) is 11.6 Å². The third-order valence-corrected chi connectivity index (χ3v) is 2.99. The number of allylic oxidation sites excluding steroid dienone is 1. The predicted octanol–water partition coefficient (Wildman–Crippen LogP) is 3.61. The van der Waals surface area contributed by atoms with Gasteiger partial charge in [0, 0.05) is 6.04 Å². The number of likely N-dealkylation sites (N-methyl/N-ethyl adjacent to an activating group) is 1. The topological polar surface area (TPSA) is 12.0 Å². The van der Waals surface area contributed by atoms with Crippen molar-refractivity contribution >= 4 is 0 Å². The minimum Gasteiger partial charge on any atom is -0.314 e. The molecule has 1 heteroatoms. The van der Waals surface area contributed by atoms with Crippen LogP contribution in [0.4, 0.5) is 0 Å². The highest BCUT2D eigenvalue weighted by molar-refractivity contribution is 5.01. The Morgan fingerprint density at radius 2 is 1.79 bits per heavy atom. The minimum absolute atomic E-state index is 0.407. The van der Waals surface area contributed by atoms with Crippen molar-refractivity contribution in [3.63, 3.8) is 0 Å². The monoisotopic (exact) mass is 197 g/mol. The van der Waals surface area contributed by atoms with E-state index in [0.29, 0.717) is 11.5 Å². The van der Waals surface area contributed by atoms with Crippen LogP contribution < -0.4 is 5.32 Å². The first-order valence-electron chi connectivity index (χ1n) is 5.59. The van der Waals surface area contributed by atoms with Crippen LogP contribution >= 0.6 is 0 Å². The Morgan fingerprint density at radius 1 is 1.29 bits per heavy atom. The highest BCUT2D eigenvalue weighted by Gasteiger charge is 2.21. The molecule has 0 aliphatic rings. The number of nitrogens with one attached hydrogen (secondary N) is 1. The lowest BCUT2D eigenvalue weighted by atomic mass is 9.78. The van der Waals surface area contributed by atoms with Crippen LogP contribution in [0.25, 0.3) is 0 Å². The van der Waals surface area contributed by atoms with Gasteiger partial charge in [-0.2, -0.15) is 0 Å².